The van der Waals surface area contributed by atoms with Crippen molar-refractivity contribution in [1.29, 1.82) is 0 Å². The highest BCUT2D eigenvalue weighted by Gasteiger charge is 2.34. The fraction of sp³-hybridized carbons (Fsp3) is 0.636. The van der Waals surface area contributed by atoms with Crippen molar-refractivity contribution in [2.24, 2.45) is 0 Å². The van der Waals surface area contributed by atoms with Crippen molar-refractivity contribution in [2.45, 2.75) is 77.9 Å². The SMILES string of the molecule is CCC1=C(C(C)(C)c2cnc(C)o2)C=C(NC(=O)C(C)(C)NCCCC(F)(F)F)OC1. The van der Waals surface area contributed by atoms with Gasteiger partial charge in [0.25, 0.3) is 0 Å². The van der Waals surface area contributed by atoms with Gasteiger partial charge in [-0.2, -0.15) is 13.2 Å². The van der Waals surface area contributed by atoms with Crippen molar-refractivity contribution in [3.63, 3.8) is 0 Å². The van der Waals surface area contributed by atoms with E-state index in [1.807, 2.05) is 20.8 Å². The number of carbonyl (C=O) groups excluding carboxylic acids is 1. The molecule has 0 atom stereocenters. The van der Waals surface area contributed by atoms with Gasteiger partial charge < -0.3 is 14.5 Å². The fourth-order valence-corrected chi connectivity index (χ4v) is 3.33. The van der Waals surface area contributed by atoms with E-state index in [0.29, 0.717) is 24.1 Å². The third-order valence-corrected chi connectivity index (χ3v) is 5.40. The molecule has 0 saturated carbocycles. The molecule has 0 aromatic carbocycles. The first kappa shape index (κ1) is 25.0. The number of carbonyl (C=O) groups is 1. The number of allylic oxidation sites excluding steroid dienone is 2. The van der Waals surface area contributed by atoms with Gasteiger partial charge in [-0.1, -0.05) is 6.92 Å². The summed E-state index contributed by atoms with van der Waals surface area (Å²) in [5, 5.41) is 5.64. The van der Waals surface area contributed by atoms with Crippen LogP contribution < -0.4 is 10.6 Å². The van der Waals surface area contributed by atoms with Gasteiger partial charge in [-0.25, -0.2) is 4.98 Å². The molecule has 1 aromatic rings. The molecule has 0 spiro atoms. The maximum absolute atomic E-state index is 12.7. The van der Waals surface area contributed by atoms with E-state index in [0.717, 1.165) is 17.6 Å². The van der Waals surface area contributed by atoms with Crippen LogP contribution in [-0.4, -0.2) is 35.8 Å². The lowest BCUT2D eigenvalue weighted by molar-refractivity contribution is -0.135. The minimum atomic E-state index is -4.20. The van der Waals surface area contributed by atoms with Crippen LogP contribution in [0.3, 0.4) is 0 Å². The van der Waals surface area contributed by atoms with Crippen LogP contribution in [0.5, 0.6) is 0 Å². The lowest BCUT2D eigenvalue weighted by atomic mass is 9.78. The predicted molar refractivity (Wildman–Crippen MR) is 111 cm³/mol. The molecular weight excluding hydrogens is 411 g/mol. The van der Waals surface area contributed by atoms with Crippen molar-refractivity contribution in [2.75, 3.05) is 13.2 Å². The van der Waals surface area contributed by atoms with E-state index in [4.69, 9.17) is 9.15 Å². The van der Waals surface area contributed by atoms with Gasteiger partial charge in [0, 0.05) is 24.8 Å². The Morgan fingerprint density at radius 3 is 2.45 bits per heavy atom. The second-order valence-electron chi connectivity index (χ2n) is 8.76. The van der Waals surface area contributed by atoms with E-state index in [2.05, 4.69) is 15.6 Å². The Bertz CT molecular complexity index is 852. The van der Waals surface area contributed by atoms with Crippen LogP contribution in [0.1, 0.15) is 65.5 Å². The van der Waals surface area contributed by atoms with E-state index in [-0.39, 0.29) is 13.0 Å². The van der Waals surface area contributed by atoms with Gasteiger partial charge in [-0.05, 0) is 58.2 Å². The zero-order valence-corrected chi connectivity index (χ0v) is 19.0. The van der Waals surface area contributed by atoms with Crippen molar-refractivity contribution < 1.29 is 27.1 Å². The highest BCUT2D eigenvalue weighted by atomic mass is 19.4. The first-order chi connectivity index (χ1) is 14.3. The minimum Gasteiger partial charge on any atom is -0.474 e. The third kappa shape index (κ3) is 6.59. The number of rotatable bonds is 9. The standard InChI is InChI=1S/C22H32F3N3O3/c1-7-15-13-30-18(11-16(15)20(3,4)17-12-26-14(2)31-17)28-19(29)21(5,6)27-10-8-9-22(23,24)25/h11-12,27H,7-10,13H2,1-6H3,(H,28,29). The maximum atomic E-state index is 12.7. The third-order valence-electron chi connectivity index (χ3n) is 5.40. The molecule has 174 valence electrons. The molecule has 0 saturated heterocycles. The van der Waals surface area contributed by atoms with E-state index in [1.165, 1.54) is 0 Å². The van der Waals surface area contributed by atoms with Crippen molar-refractivity contribution in [1.82, 2.24) is 15.6 Å². The molecule has 1 aromatic heterocycles. The number of amides is 1. The Labute approximate surface area is 181 Å². The molecule has 1 aliphatic rings. The molecule has 6 nitrogen and oxygen atoms in total. The molecule has 9 heteroatoms. The number of hydrogen-bond acceptors (Lipinski definition) is 5. The number of aryl methyl sites for hydroxylation is 1. The zero-order chi connectivity index (χ0) is 23.4. The Morgan fingerprint density at radius 2 is 1.90 bits per heavy atom. The van der Waals surface area contributed by atoms with Crippen LogP contribution in [-0.2, 0) is 14.9 Å². The summed E-state index contributed by atoms with van der Waals surface area (Å²) in [6.45, 7) is 11.5. The molecule has 0 fully saturated rings. The number of aromatic nitrogens is 1. The van der Waals surface area contributed by atoms with Gasteiger partial charge in [0.15, 0.2) is 11.8 Å². The first-order valence-electron chi connectivity index (χ1n) is 10.4. The highest BCUT2D eigenvalue weighted by Crippen LogP contribution is 2.38. The van der Waals surface area contributed by atoms with Crippen LogP contribution in [0.15, 0.2) is 33.7 Å². The van der Waals surface area contributed by atoms with Gasteiger partial charge in [0.2, 0.25) is 5.91 Å². The zero-order valence-electron chi connectivity index (χ0n) is 19.0. The van der Waals surface area contributed by atoms with Crippen LogP contribution >= 0.6 is 0 Å². The summed E-state index contributed by atoms with van der Waals surface area (Å²) in [6.07, 6.45) is -0.935. The van der Waals surface area contributed by atoms with Gasteiger partial charge in [-0.15, -0.1) is 0 Å². The number of oxazole rings is 1. The molecule has 0 unspecified atom stereocenters. The number of nitrogens with zero attached hydrogens (tertiary/aromatic N) is 1. The maximum Gasteiger partial charge on any atom is 0.389 e. The van der Waals surface area contributed by atoms with E-state index in [1.54, 1.807) is 33.0 Å². The second-order valence-corrected chi connectivity index (χ2v) is 8.76. The normalized spacial score (nSPS) is 15.6. The fourth-order valence-electron chi connectivity index (χ4n) is 3.33. The Morgan fingerprint density at radius 1 is 1.23 bits per heavy atom. The number of alkyl halides is 3. The highest BCUT2D eigenvalue weighted by molar-refractivity contribution is 5.86. The Kier molecular flexibility index (Phi) is 7.62. The number of hydrogen-bond donors (Lipinski definition) is 2. The van der Waals surface area contributed by atoms with E-state index >= 15 is 0 Å². The topological polar surface area (TPSA) is 76.4 Å². The second kappa shape index (κ2) is 9.46. The van der Waals surface area contributed by atoms with E-state index in [9.17, 15) is 18.0 Å². The Balaban J connectivity index is 2.12. The smallest absolute Gasteiger partial charge is 0.389 e. The summed E-state index contributed by atoms with van der Waals surface area (Å²) in [4.78, 5) is 16.9. The molecule has 0 bridgehead atoms. The summed E-state index contributed by atoms with van der Waals surface area (Å²) in [7, 11) is 0. The van der Waals surface area contributed by atoms with Crippen LogP contribution in [0, 0.1) is 6.92 Å². The average Bonchev–Trinajstić information content (AvgIpc) is 3.11. The lowest BCUT2D eigenvalue weighted by Gasteiger charge is -2.32. The summed E-state index contributed by atoms with van der Waals surface area (Å²) < 4.78 is 48.4. The molecule has 31 heavy (non-hydrogen) atoms. The van der Waals surface area contributed by atoms with Crippen molar-refractivity contribution in [3.05, 3.63) is 41.0 Å². The Hall–Kier alpha value is -2.29. The first-order valence-corrected chi connectivity index (χ1v) is 10.4. The monoisotopic (exact) mass is 443 g/mol. The van der Waals surface area contributed by atoms with Gasteiger partial charge in [-0.3, -0.25) is 10.1 Å². The molecular formula is C22H32F3N3O3. The predicted octanol–water partition coefficient (Wildman–Crippen LogP) is 4.67. The summed E-state index contributed by atoms with van der Waals surface area (Å²) in [5.74, 6) is 1.19. The summed E-state index contributed by atoms with van der Waals surface area (Å²) in [5.41, 5.74) is 0.505. The minimum absolute atomic E-state index is 0.0723. The summed E-state index contributed by atoms with van der Waals surface area (Å²) in [6, 6.07) is 0. The quantitative estimate of drug-likeness (QED) is 0.543. The van der Waals surface area contributed by atoms with Crippen LogP contribution in [0.4, 0.5) is 13.2 Å². The number of ether oxygens (including phenoxy) is 1. The molecule has 1 amide bonds. The molecule has 2 rings (SSSR count). The van der Waals surface area contributed by atoms with Gasteiger partial charge in [0.05, 0.1) is 11.7 Å². The van der Waals surface area contributed by atoms with Crippen molar-refractivity contribution in [3.8, 4) is 0 Å². The van der Waals surface area contributed by atoms with Crippen LogP contribution in [0.2, 0.25) is 0 Å². The molecule has 2 N–H and O–H groups in total. The number of nitrogens with one attached hydrogen (secondary N) is 2. The largest absolute Gasteiger partial charge is 0.474 e. The van der Waals surface area contributed by atoms with Crippen molar-refractivity contribution >= 4 is 5.91 Å². The average molecular weight is 444 g/mol. The molecule has 0 radical (unpaired) electrons. The number of halogens is 3. The van der Waals surface area contributed by atoms with Gasteiger partial charge >= 0.3 is 6.18 Å². The lowest BCUT2D eigenvalue weighted by Crippen LogP contribution is -2.53. The van der Waals surface area contributed by atoms with Crippen LogP contribution in [0.25, 0.3) is 0 Å². The molecule has 2 heterocycles. The molecule has 0 aliphatic carbocycles. The van der Waals surface area contributed by atoms with E-state index < -0.39 is 29.5 Å². The van der Waals surface area contributed by atoms with Gasteiger partial charge in [0.1, 0.15) is 12.4 Å². The summed E-state index contributed by atoms with van der Waals surface area (Å²) >= 11 is 0. The molecule has 1 aliphatic heterocycles.